The van der Waals surface area contributed by atoms with Gasteiger partial charge in [0.2, 0.25) is 5.91 Å². The lowest BCUT2D eigenvalue weighted by molar-refractivity contribution is -0.143. The Labute approximate surface area is 155 Å². The monoisotopic (exact) mass is 419 g/mol. The van der Waals surface area contributed by atoms with Crippen LogP contribution in [0.25, 0.3) is 0 Å². The van der Waals surface area contributed by atoms with E-state index < -0.39 is 11.1 Å². The molecule has 0 radical (unpaired) electrons. The molecule has 1 aromatic carbocycles. The smallest absolute Gasteiger partial charge is 0.319 e. The largest absolute Gasteiger partial charge is 0.465 e. The molecule has 0 spiro atoms. The fraction of sp³-hybridized carbons (Fsp3) is 0.529. The van der Waals surface area contributed by atoms with Crippen molar-refractivity contribution < 1.29 is 18.7 Å². The summed E-state index contributed by atoms with van der Waals surface area (Å²) < 4.78 is 19.7. The van der Waals surface area contributed by atoms with E-state index in [1.807, 2.05) is 13.8 Å². The van der Waals surface area contributed by atoms with Gasteiger partial charge in [0, 0.05) is 15.3 Å². The van der Waals surface area contributed by atoms with Gasteiger partial charge in [0.15, 0.2) is 0 Å². The molecule has 1 atom stereocenters. The van der Waals surface area contributed by atoms with Crippen molar-refractivity contribution in [3.63, 3.8) is 0 Å². The highest BCUT2D eigenvalue weighted by Gasteiger charge is 2.20. The number of halogens is 2. The lowest BCUT2D eigenvalue weighted by Gasteiger charge is -2.15. The van der Waals surface area contributed by atoms with Gasteiger partial charge in [-0.1, -0.05) is 27.7 Å². The van der Waals surface area contributed by atoms with Gasteiger partial charge in [-0.15, -0.1) is 11.8 Å². The molecule has 0 heterocycles. The molecule has 0 aliphatic heterocycles. The molecule has 0 saturated heterocycles. The van der Waals surface area contributed by atoms with Crippen molar-refractivity contribution in [1.29, 1.82) is 0 Å². The van der Waals surface area contributed by atoms with Crippen molar-refractivity contribution in [2.45, 2.75) is 44.8 Å². The predicted molar refractivity (Wildman–Crippen MR) is 98.7 cm³/mol. The highest BCUT2D eigenvalue weighted by Crippen LogP contribution is 2.35. The number of carbonyl (C=O) groups is 2. The van der Waals surface area contributed by atoms with Crippen LogP contribution in [0.15, 0.2) is 21.5 Å². The third kappa shape index (κ3) is 6.43. The van der Waals surface area contributed by atoms with Gasteiger partial charge in [-0.25, -0.2) is 4.39 Å². The Balaban J connectivity index is 2.87. The second kappa shape index (κ2) is 9.42. The molecule has 1 aromatic rings. The third-order valence-electron chi connectivity index (χ3n) is 3.00. The first kappa shape index (κ1) is 21.0. The van der Waals surface area contributed by atoms with E-state index in [-0.39, 0.29) is 29.4 Å². The molecule has 0 fully saturated rings. The number of amides is 1. The van der Waals surface area contributed by atoms with Crippen molar-refractivity contribution in [3.8, 4) is 0 Å². The zero-order valence-corrected chi connectivity index (χ0v) is 16.9. The third-order valence-corrected chi connectivity index (χ3v) is 5.05. The normalized spacial score (nSPS) is 12.4. The van der Waals surface area contributed by atoms with Crippen molar-refractivity contribution in [3.05, 3.63) is 22.4 Å². The predicted octanol–water partition coefficient (Wildman–Crippen LogP) is 4.86. The van der Waals surface area contributed by atoms with Crippen molar-refractivity contribution in [2.75, 3.05) is 11.9 Å². The highest BCUT2D eigenvalue weighted by molar-refractivity contribution is 9.10. The molecule has 0 aliphatic rings. The van der Waals surface area contributed by atoms with Crippen LogP contribution in [0.2, 0.25) is 0 Å². The fourth-order valence-electron chi connectivity index (χ4n) is 1.60. The maximum Gasteiger partial charge on any atom is 0.319 e. The molecule has 134 valence electrons. The molecule has 1 amide bonds. The average Bonchev–Trinajstić information content (AvgIpc) is 2.48. The van der Waals surface area contributed by atoms with E-state index in [1.165, 1.54) is 23.9 Å². The van der Waals surface area contributed by atoms with E-state index in [0.29, 0.717) is 16.0 Å². The van der Waals surface area contributed by atoms with Gasteiger partial charge >= 0.3 is 5.97 Å². The summed E-state index contributed by atoms with van der Waals surface area (Å²) in [6, 6.07) is 2.81. The van der Waals surface area contributed by atoms with Crippen LogP contribution >= 0.6 is 27.7 Å². The van der Waals surface area contributed by atoms with E-state index in [0.717, 1.165) is 0 Å². The second-order valence-corrected chi connectivity index (χ2v) is 8.43. The summed E-state index contributed by atoms with van der Waals surface area (Å²) in [5.74, 6) is -1.11. The maximum atomic E-state index is 14.0. The summed E-state index contributed by atoms with van der Waals surface area (Å²) in [5.41, 5.74) is 0.0992. The maximum absolute atomic E-state index is 14.0. The number of rotatable bonds is 7. The Bertz CT molecular complexity index is 608. The summed E-state index contributed by atoms with van der Waals surface area (Å²) in [6.07, 6.45) is 0. The first-order chi connectivity index (χ1) is 11.1. The van der Waals surface area contributed by atoms with Crippen LogP contribution in [0.5, 0.6) is 0 Å². The lowest BCUT2D eigenvalue weighted by atomic mass is 10.2. The van der Waals surface area contributed by atoms with E-state index in [1.54, 1.807) is 20.8 Å². The number of esters is 1. The Morgan fingerprint density at radius 2 is 1.88 bits per heavy atom. The first-order valence-corrected chi connectivity index (χ1v) is 9.42. The second-order valence-electron chi connectivity index (χ2n) is 6.19. The number of ether oxygens (including phenoxy) is 1. The number of anilines is 1. The van der Waals surface area contributed by atoms with Crippen LogP contribution < -0.4 is 5.32 Å². The molecule has 1 rings (SSSR count). The molecule has 4 nitrogen and oxygen atoms in total. The number of nitrogens with one attached hydrogen (secondary N) is 1. The number of carbonyl (C=O) groups excluding carboxylic acids is 2. The van der Waals surface area contributed by atoms with E-state index >= 15 is 0 Å². The summed E-state index contributed by atoms with van der Waals surface area (Å²) in [6.45, 7) is 9.49. The Morgan fingerprint density at radius 3 is 2.42 bits per heavy atom. The quantitative estimate of drug-likeness (QED) is 0.506. The SMILES string of the molecule is CC(C)COC(=O)C(C)Sc1cc(NC(=O)C(C)C)c(F)cc1Br. The number of hydrogen-bond acceptors (Lipinski definition) is 4. The molecule has 0 saturated carbocycles. The van der Waals surface area contributed by atoms with Crippen molar-refractivity contribution in [2.24, 2.45) is 11.8 Å². The van der Waals surface area contributed by atoms with Crippen LogP contribution in [0.3, 0.4) is 0 Å². The molecule has 0 aliphatic carbocycles. The van der Waals surface area contributed by atoms with Gasteiger partial charge in [0.05, 0.1) is 12.3 Å². The van der Waals surface area contributed by atoms with Crippen LogP contribution in [0.1, 0.15) is 34.6 Å². The average molecular weight is 420 g/mol. The van der Waals surface area contributed by atoms with Crippen molar-refractivity contribution >= 4 is 45.3 Å². The van der Waals surface area contributed by atoms with Gasteiger partial charge in [0.1, 0.15) is 11.1 Å². The minimum absolute atomic E-state index is 0.0992. The molecule has 24 heavy (non-hydrogen) atoms. The molecule has 0 bridgehead atoms. The standard InChI is InChI=1S/C17H23BrFNO3S/c1-9(2)8-23-17(22)11(5)24-15-7-14(13(19)6-12(15)18)20-16(21)10(3)4/h6-7,9-11H,8H2,1-5H3,(H,20,21). The number of hydrogen-bond donors (Lipinski definition) is 1. The van der Waals surface area contributed by atoms with Crippen LogP contribution in [0.4, 0.5) is 10.1 Å². The van der Waals surface area contributed by atoms with Gasteiger partial charge in [-0.2, -0.15) is 0 Å². The van der Waals surface area contributed by atoms with Gasteiger partial charge < -0.3 is 10.1 Å². The van der Waals surface area contributed by atoms with Crippen molar-refractivity contribution in [1.82, 2.24) is 0 Å². The Morgan fingerprint density at radius 1 is 1.25 bits per heavy atom. The highest BCUT2D eigenvalue weighted by atomic mass is 79.9. The van der Waals surface area contributed by atoms with Crippen LogP contribution in [0, 0.1) is 17.7 Å². The van der Waals surface area contributed by atoms with Gasteiger partial charge in [-0.05, 0) is 40.9 Å². The minimum Gasteiger partial charge on any atom is -0.465 e. The lowest BCUT2D eigenvalue weighted by Crippen LogP contribution is -2.20. The minimum atomic E-state index is -0.532. The van der Waals surface area contributed by atoms with Crippen LogP contribution in [-0.2, 0) is 14.3 Å². The molecule has 1 unspecified atom stereocenters. The molecule has 0 aromatic heterocycles. The Hall–Kier alpha value is -1.08. The molecule has 7 heteroatoms. The molecular formula is C17H23BrFNO3S. The summed E-state index contributed by atoms with van der Waals surface area (Å²) in [5, 5.41) is 2.11. The first-order valence-electron chi connectivity index (χ1n) is 7.75. The molecule has 1 N–H and O–H groups in total. The fourth-order valence-corrected chi connectivity index (χ4v) is 3.10. The summed E-state index contributed by atoms with van der Waals surface area (Å²) in [4.78, 5) is 24.4. The summed E-state index contributed by atoms with van der Waals surface area (Å²) >= 11 is 4.54. The number of thioether (sulfide) groups is 1. The van der Waals surface area contributed by atoms with E-state index in [9.17, 15) is 14.0 Å². The summed E-state index contributed by atoms with van der Waals surface area (Å²) in [7, 11) is 0. The number of benzene rings is 1. The van der Waals surface area contributed by atoms with Crippen LogP contribution in [-0.4, -0.2) is 23.7 Å². The molecular weight excluding hydrogens is 397 g/mol. The van der Waals surface area contributed by atoms with E-state index in [4.69, 9.17) is 4.74 Å². The topological polar surface area (TPSA) is 55.4 Å². The van der Waals surface area contributed by atoms with Gasteiger partial charge in [0.25, 0.3) is 0 Å². The zero-order valence-electron chi connectivity index (χ0n) is 14.5. The van der Waals surface area contributed by atoms with Gasteiger partial charge in [-0.3, -0.25) is 9.59 Å². The zero-order chi connectivity index (χ0) is 18.4. The Kier molecular flexibility index (Phi) is 8.22. The van der Waals surface area contributed by atoms with E-state index in [2.05, 4.69) is 21.2 Å².